The van der Waals surface area contributed by atoms with Gasteiger partial charge in [-0.15, -0.1) is 0 Å². The van der Waals surface area contributed by atoms with Crippen molar-refractivity contribution in [3.05, 3.63) is 35.4 Å². The van der Waals surface area contributed by atoms with Crippen molar-refractivity contribution in [2.24, 2.45) is 5.92 Å². The molecule has 0 heterocycles. The Morgan fingerprint density at radius 3 is 2.92 bits per heavy atom. The summed E-state index contributed by atoms with van der Waals surface area (Å²) < 4.78 is 0. The van der Waals surface area contributed by atoms with E-state index in [0.717, 1.165) is 24.8 Å². The summed E-state index contributed by atoms with van der Waals surface area (Å²) in [6.45, 7) is 2.15. The molecular formula is C12H16O. The number of aryl methyl sites for hydroxylation is 1. The molecule has 1 N–H and O–H groups in total. The molecule has 2 atom stereocenters. The molecule has 0 saturated carbocycles. The minimum atomic E-state index is -0.227. The van der Waals surface area contributed by atoms with Gasteiger partial charge in [-0.3, -0.25) is 0 Å². The maximum absolute atomic E-state index is 10.0. The number of hydrogen-bond acceptors (Lipinski definition) is 1. The maximum Gasteiger partial charge on any atom is 0.0820 e. The number of rotatable bonds is 1. The van der Waals surface area contributed by atoms with E-state index in [2.05, 4.69) is 25.1 Å². The molecule has 0 saturated heterocycles. The standard InChI is InChI=1S/C12H16O/c1-2-9-7-8-10-5-3-4-6-11(10)12(9)13/h3-6,9,12-13H,2,7-8H2,1H3/t9-,12-/m1/s1. The molecule has 1 aliphatic rings. The molecule has 13 heavy (non-hydrogen) atoms. The van der Waals surface area contributed by atoms with Crippen molar-refractivity contribution in [1.29, 1.82) is 0 Å². The van der Waals surface area contributed by atoms with Gasteiger partial charge in [0.25, 0.3) is 0 Å². The van der Waals surface area contributed by atoms with Crippen LogP contribution >= 0.6 is 0 Å². The Morgan fingerprint density at radius 1 is 1.38 bits per heavy atom. The van der Waals surface area contributed by atoms with Crippen molar-refractivity contribution >= 4 is 0 Å². The summed E-state index contributed by atoms with van der Waals surface area (Å²) in [5.41, 5.74) is 2.49. The van der Waals surface area contributed by atoms with Gasteiger partial charge in [-0.2, -0.15) is 0 Å². The maximum atomic E-state index is 10.0. The summed E-state index contributed by atoms with van der Waals surface area (Å²) in [4.78, 5) is 0. The molecule has 0 fully saturated rings. The van der Waals surface area contributed by atoms with E-state index in [-0.39, 0.29) is 6.10 Å². The van der Waals surface area contributed by atoms with Gasteiger partial charge in [0, 0.05) is 0 Å². The summed E-state index contributed by atoms with van der Waals surface area (Å²) in [5.74, 6) is 0.467. The summed E-state index contributed by atoms with van der Waals surface area (Å²) in [6, 6.07) is 8.25. The van der Waals surface area contributed by atoms with Crippen molar-refractivity contribution in [3.63, 3.8) is 0 Å². The second-order valence-corrected chi connectivity index (χ2v) is 3.85. The fourth-order valence-electron chi connectivity index (χ4n) is 2.23. The summed E-state index contributed by atoms with van der Waals surface area (Å²) >= 11 is 0. The smallest absolute Gasteiger partial charge is 0.0820 e. The van der Waals surface area contributed by atoms with Gasteiger partial charge >= 0.3 is 0 Å². The molecule has 1 aliphatic carbocycles. The topological polar surface area (TPSA) is 20.2 Å². The van der Waals surface area contributed by atoms with Gasteiger partial charge in [0.2, 0.25) is 0 Å². The van der Waals surface area contributed by atoms with Crippen LogP contribution in [0.25, 0.3) is 0 Å². The zero-order valence-corrected chi connectivity index (χ0v) is 8.03. The molecule has 1 aromatic carbocycles. The second kappa shape index (κ2) is 3.51. The first-order chi connectivity index (χ1) is 6.33. The molecule has 0 amide bonds. The van der Waals surface area contributed by atoms with Gasteiger partial charge in [-0.05, 0) is 29.9 Å². The van der Waals surface area contributed by atoms with Crippen LogP contribution in [0.4, 0.5) is 0 Å². The highest BCUT2D eigenvalue weighted by atomic mass is 16.3. The SMILES string of the molecule is CC[C@@H]1CCc2ccccc2[C@@H]1O. The second-order valence-electron chi connectivity index (χ2n) is 3.85. The first-order valence-corrected chi connectivity index (χ1v) is 5.08. The lowest BCUT2D eigenvalue weighted by Crippen LogP contribution is -2.19. The number of aliphatic hydroxyl groups excluding tert-OH is 1. The molecule has 0 unspecified atom stereocenters. The van der Waals surface area contributed by atoms with Crippen LogP contribution < -0.4 is 0 Å². The van der Waals surface area contributed by atoms with E-state index in [1.165, 1.54) is 5.56 Å². The van der Waals surface area contributed by atoms with E-state index in [4.69, 9.17) is 0 Å². The van der Waals surface area contributed by atoms with Crippen molar-refractivity contribution in [3.8, 4) is 0 Å². The fraction of sp³-hybridized carbons (Fsp3) is 0.500. The highest BCUT2D eigenvalue weighted by molar-refractivity contribution is 5.31. The predicted molar refractivity (Wildman–Crippen MR) is 53.5 cm³/mol. The lowest BCUT2D eigenvalue weighted by Gasteiger charge is -2.29. The molecule has 0 aliphatic heterocycles. The largest absolute Gasteiger partial charge is 0.388 e. The Hall–Kier alpha value is -0.820. The molecule has 0 radical (unpaired) electrons. The first kappa shape index (κ1) is 8.76. The minimum Gasteiger partial charge on any atom is -0.388 e. The molecule has 1 aromatic rings. The molecule has 2 rings (SSSR count). The van der Waals surface area contributed by atoms with Crippen LogP contribution in [0.5, 0.6) is 0 Å². The third kappa shape index (κ3) is 1.49. The van der Waals surface area contributed by atoms with Crippen LogP contribution in [0.3, 0.4) is 0 Å². The van der Waals surface area contributed by atoms with Crippen molar-refractivity contribution in [2.45, 2.75) is 32.3 Å². The minimum absolute atomic E-state index is 0.227. The monoisotopic (exact) mass is 176 g/mol. The van der Waals surface area contributed by atoms with Gasteiger partial charge in [0.15, 0.2) is 0 Å². The van der Waals surface area contributed by atoms with Crippen LogP contribution in [-0.4, -0.2) is 5.11 Å². The molecule has 1 nitrogen and oxygen atoms in total. The zero-order valence-electron chi connectivity index (χ0n) is 8.03. The average molecular weight is 176 g/mol. The van der Waals surface area contributed by atoms with Crippen LogP contribution in [-0.2, 0) is 6.42 Å². The Balaban J connectivity index is 2.33. The van der Waals surface area contributed by atoms with Crippen molar-refractivity contribution in [1.82, 2.24) is 0 Å². The van der Waals surface area contributed by atoms with Crippen LogP contribution in [0.15, 0.2) is 24.3 Å². The molecular weight excluding hydrogens is 160 g/mol. The van der Waals surface area contributed by atoms with Gasteiger partial charge < -0.3 is 5.11 Å². The number of aliphatic hydroxyl groups is 1. The van der Waals surface area contributed by atoms with Gasteiger partial charge in [0.1, 0.15) is 0 Å². The molecule has 0 spiro atoms. The quantitative estimate of drug-likeness (QED) is 0.697. The number of benzene rings is 1. The van der Waals surface area contributed by atoms with E-state index in [1.807, 2.05) is 6.07 Å². The number of fused-ring (bicyclic) bond motifs is 1. The third-order valence-electron chi connectivity index (χ3n) is 3.13. The van der Waals surface area contributed by atoms with Gasteiger partial charge in [-0.1, -0.05) is 37.6 Å². The average Bonchev–Trinajstić information content (AvgIpc) is 2.19. The molecule has 0 bridgehead atoms. The normalized spacial score (nSPS) is 26.9. The molecule has 1 heteroatoms. The van der Waals surface area contributed by atoms with E-state index in [0.29, 0.717) is 5.92 Å². The van der Waals surface area contributed by atoms with Crippen LogP contribution in [0.2, 0.25) is 0 Å². The lowest BCUT2D eigenvalue weighted by atomic mass is 9.80. The Labute approximate surface area is 79.4 Å². The van der Waals surface area contributed by atoms with E-state index < -0.39 is 0 Å². The summed E-state index contributed by atoms with van der Waals surface area (Å²) in [7, 11) is 0. The highest BCUT2D eigenvalue weighted by Gasteiger charge is 2.25. The fourth-order valence-corrected chi connectivity index (χ4v) is 2.23. The molecule has 0 aromatic heterocycles. The van der Waals surface area contributed by atoms with Gasteiger partial charge in [-0.25, -0.2) is 0 Å². The summed E-state index contributed by atoms with van der Waals surface area (Å²) in [6.07, 6.45) is 3.12. The Morgan fingerprint density at radius 2 is 2.15 bits per heavy atom. The Kier molecular flexibility index (Phi) is 2.36. The Bertz CT molecular complexity index is 293. The lowest BCUT2D eigenvalue weighted by molar-refractivity contribution is 0.0914. The first-order valence-electron chi connectivity index (χ1n) is 5.08. The third-order valence-corrected chi connectivity index (χ3v) is 3.13. The van der Waals surface area contributed by atoms with Crippen LogP contribution in [0.1, 0.15) is 37.0 Å². The highest BCUT2D eigenvalue weighted by Crippen LogP contribution is 2.35. The van der Waals surface area contributed by atoms with Gasteiger partial charge in [0.05, 0.1) is 6.10 Å². The van der Waals surface area contributed by atoms with E-state index in [9.17, 15) is 5.11 Å². The predicted octanol–water partition coefficient (Wildman–Crippen LogP) is 2.69. The zero-order chi connectivity index (χ0) is 9.26. The van der Waals surface area contributed by atoms with Crippen LogP contribution in [0, 0.1) is 5.92 Å². The van der Waals surface area contributed by atoms with E-state index in [1.54, 1.807) is 0 Å². The molecule has 70 valence electrons. The van der Waals surface area contributed by atoms with Crippen molar-refractivity contribution < 1.29 is 5.11 Å². The van der Waals surface area contributed by atoms with Crippen molar-refractivity contribution in [2.75, 3.05) is 0 Å². The summed E-state index contributed by atoms with van der Waals surface area (Å²) in [5, 5.41) is 10.0. The number of hydrogen-bond donors (Lipinski definition) is 1. The van der Waals surface area contributed by atoms with E-state index >= 15 is 0 Å².